The predicted octanol–water partition coefficient (Wildman–Crippen LogP) is 4.66. The Morgan fingerprint density at radius 3 is 2.35 bits per heavy atom. The van der Waals surface area contributed by atoms with E-state index >= 15 is 0 Å². The van der Waals surface area contributed by atoms with E-state index in [0.29, 0.717) is 56.8 Å². The maximum Gasteiger partial charge on any atom is 0.203 e. The molecule has 0 bridgehead atoms. The molecule has 0 saturated heterocycles. The van der Waals surface area contributed by atoms with Crippen LogP contribution in [-0.4, -0.2) is 47.9 Å². The number of hydrogen-bond acceptors (Lipinski definition) is 8. The van der Waals surface area contributed by atoms with Gasteiger partial charge in [0.2, 0.25) is 5.75 Å². The van der Waals surface area contributed by atoms with Gasteiger partial charge < -0.3 is 30.2 Å². The van der Waals surface area contributed by atoms with E-state index < -0.39 is 0 Å². The van der Waals surface area contributed by atoms with Gasteiger partial charge in [0.15, 0.2) is 28.1 Å². The summed E-state index contributed by atoms with van der Waals surface area (Å²) in [7, 11) is 4.71. The van der Waals surface area contributed by atoms with Crippen molar-refractivity contribution in [1.82, 2.24) is 20.3 Å². The van der Waals surface area contributed by atoms with Crippen molar-refractivity contribution in [3.05, 3.63) is 30.5 Å². The van der Waals surface area contributed by atoms with Crippen molar-refractivity contribution in [1.29, 1.82) is 0 Å². The minimum Gasteiger partial charge on any atom is -0.493 e. The van der Waals surface area contributed by atoms with Gasteiger partial charge in [-0.3, -0.25) is 0 Å². The average molecular weight is 483 g/mol. The third-order valence-corrected chi connectivity index (χ3v) is 6.11. The highest BCUT2D eigenvalue weighted by molar-refractivity contribution is 7.80. The zero-order valence-corrected chi connectivity index (χ0v) is 20.5. The lowest BCUT2D eigenvalue weighted by Gasteiger charge is -2.22. The summed E-state index contributed by atoms with van der Waals surface area (Å²) in [4.78, 5) is 13.7. The smallest absolute Gasteiger partial charge is 0.203 e. The van der Waals surface area contributed by atoms with Crippen molar-refractivity contribution in [2.45, 2.75) is 32.1 Å². The normalized spacial score (nSPS) is 13.9. The molecule has 1 saturated carbocycles. The standard InChI is InChI=1S/C24H30N6O3S/c1-31-18-11-16(12-19(32-2)22(18)33-3)27-21-14-25-17-9-10-20(28-23(17)29-21)30-24(34)26-13-15-7-5-4-6-8-15/h9-12,14-15H,4-8,13H2,1-3H3,(H3,26,27,28,29,30,34). The van der Waals surface area contributed by atoms with Crippen LogP contribution < -0.4 is 30.2 Å². The number of nitrogens with zero attached hydrogens (tertiary/aromatic N) is 3. The van der Waals surface area contributed by atoms with Crippen LogP contribution in [0.1, 0.15) is 32.1 Å². The Morgan fingerprint density at radius 2 is 1.68 bits per heavy atom. The zero-order chi connectivity index (χ0) is 23.9. The first kappa shape index (κ1) is 23.7. The number of fused-ring (bicyclic) bond motifs is 1. The van der Waals surface area contributed by atoms with Crippen molar-refractivity contribution >= 4 is 45.8 Å². The minimum atomic E-state index is 0.498. The highest BCUT2D eigenvalue weighted by Crippen LogP contribution is 2.40. The Labute approximate surface area is 204 Å². The number of rotatable bonds is 8. The molecule has 0 amide bonds. The Balaban J connectivity index is 1.46. The number of ether oxygens (including phenoxy) is 3. The van der Waals surface area contributed by atoms with E-state index in [1.54, 1.807) is 39.7 Å². The third kappa shape index (κ3) is 5.74. The highest BCUT2D eigenvalue weighted by atomic mass is 32.1. The van der Waals surface area contributed by atoms with Gasteiger partial charge in [0, 0.05) is 24.4 Å². The molecule has 1 aliphatic carbocycles. The van der Waals surface area contributed by atoms with Crippen molar-refractivity contribution in [3.8, 4) is 17.2 Å². The van der Waals surface area contributed by atoms with Crippen molar-refractivity contribution in [2.24, 2.45) is 5.92 Å². The Hall–Kier alpha value is -3.40. The Morgan fingerprint density at radius 1 is 0.971 bits per heavy atom. The van der Waals surface area contributed by atoms with Crippen LogP contribution in [0.5, 0.6) is 17.2 Å². The molecular formula is C24H30N6O3S. The SMILES string of the molecule is COc1cc(Nc2cnc3ccc(NC(=S)NCC4CCCCC4)nc3n2)cc(OC)c1OC. The molecule has 2 heterocycles. The van der Waals surface area contributed by atoms with Crippen LogP contribution in [0.4, 0.5) is 17.3 Å². The molecule has 0 atom stereocenters. The molecule has 3 N–H and O–H groups in total. The van der Waals surface area contributed by atoms with E-state index in [2.05, 4.69) is 30.9 Å². The van der Waals surface area contributed by atoms with Crippen LogP contribution in [-0.2, 0) is 0 Å². The number of aromatic nitrogens is 3. The lowest BCUT2D eigenvalue weighted by Crippen LogP contribution is -2.33. The van der Waals surface area contributed by atoms with Gasteiger partial charge in [-0.05, 0) is 43.1 Å². The van der Waals surface area contributed by atoms with E-state index in [-0.39, 0.29) is 0 Å². The number of thiocarbonyl (C=S) groups is 1. The molecule has 3 aromatic rings. The molecule has 0 spiro atoms. The number of pyridine rings is 1. The van der Waals surface area contributed by atoms with Gasteiger partial charge in [-0.25, -0.2) is 15.0 Å². The van der Waals surface area contributed by atoms with E-state index in [9.17, 15) is 0 Å². The lowest BCUT2D eigenvalue weighted by atomic mass is 9.89. The first-order chi connectivity index (χ1) is 16.6. The Kier molecular flexibility index (Phi) is 7.79. The van der Waals surface area contributed by atoms with Gasteiger partial charge in [0.25, 0.3) is 0 Å². The summed E-state index contributed by atoms with van der Waals surface area (Å²) in [6.07, 6.45) is 8.14. The van der Waals surface area contributed by atoms with Gasteiger partial charge in [-0.15, -0.1) is 0 Å². The van der Waals surface area contributed by atoms with Crippen LogP contribution in [0.25, 0.3) is 11.2 Å². The molecule has 1 fully saturated rings. The van der Waals surface area contributed by atoms with Gasteiger partial charge in [0.1, 0.15) is 11.3 Å². The summed E-state index contributed by atoms with van der Waals surface area (Å²) < 4.78 is 16.2. The second-order valence-corrected chi connectivity index (χ2v) is 8.58. The quantitative estimate of drug-likeness (QED) is 0.393. The van der Waals surface area contributed by atoms with Gasteiger partial charge in [-0.2, -0.15) is 0 Å². The summed E-state index contributed by atoms with van der Waals surface area (Å²) in [5, 5.41) is 10.3. The lowest BCUT2D eigenvalue weighted by molar-refractivity contribution is 0.324. The summed E-state index contributed by atoms with van der Waals surface area (Å²) in [5.74, 6) is 3.43. The average Bonchev–Trinajstić information content (AvgIpc) is 2.87. The molecule has 0 unspecified atom stereocenters. The zero-order valence-electron chi connectivity index (χ0n) is 19.7. The number of anilines is 3. The van der Waals surface area contributed by atoms with Crippen molar-refractivity contribution < 1.29 is 14.2 Å². The molecule has 0 radical (unpaired) electrons. The van der Waals surface area contributed by atoms with Crippen LogP contribution in [0.2, 0.25) is 0 Å². The molecule has 10 heteroatoms. The van der Waals surface area contributed by atoms with Gasteiger partial charge >= 0.3 is 0 Å². The summed E-state index contributed by atoms with van der Waals surface area (Å²) in [6.45, 7) is 0.891. The number of benzene rings is 1. The van der Waals surface area contributed by atoms with E-state index in [0.717, 1.165) is 6.54 Å². The second kappa shape index (κ2) is 11.1. The minimum absolute atomic E-state index is 0.498. The molecule has 4 rings (SSSR count). The van der Waals surface area contributed by atoms with E-state index in [1.165, 1.54) is 32.1 Å². The maximum absolute atomic E-state index is 5.46. The molecule has 180 valence electrons. The topological polar surface area (TPSA) is 102 Å². The largest absolute Gasteiger partial charge is 0.493 e. The van der Waals surface area contributed by atoms with Crippen LogP contribution in [0.15, 0.2) is 30.5 Å². The molecule has 1 aliphatic rings. The first-order valence-electron chi connectivity index (χ1n) is 11.3. The number of hydrogen-bond donors (Lipinski definition) is 3. The molecule has 9 nitrogen and oxygen atoms in total. The van der Waals surface area contributed by atoms with Crippen molar-refractivity contribution in [2.75, 3.05) is 38.5 Å². The fraction of sp³-hybridized carbons (Fsp3) is 0.417. The fourth-order valence-corrected chi connectivity index (χ4v) is 4.31. The molecule has 0 aliphatic heterocycles. The van der Waals surface area contributed by atoms with E-state index in [1.807, 2.05) is 12.1 Å². The predicted molar refractivity (Wildman–Crippen MR) is 138 cm³/mol. The fourth-order valence-electron chi connectivity index (χ4n) is 4.12. The number of nitrogens with one attached hydrogen (secondary N) is 3. The highest BCUT2D eigenvalue weighted by Gasteiger charge is 2.15. The molecular weight excluding hydrogens is 452 g/mol. The maximum atomic E-state index is 5.46. The summed E-state index contributed by atoms with van der Waals surface area (Å²) in [6, 6.07) is 7.31. The van der Waals surface area contributed by atoms with Crippen LogP contribution in [0.3, 0.4) is 0 Å². The molecule has 34 heavy (non-hydrogen) atoms. The van der Waals surface area contributed by atoms with Gasteiger partial charge in [0.05, 0.1) is 27.5 Å². The van der Waals surface area contributed by atoms with E-state index in [4.69, 9.17) is 26.4 Å². The van der Waals surface area contributed by atoms with Gasteiger partial charge in [-0.1, -0.05) is 19.3 Å². The summed E-state index contributed by atoms with van der Waals surface area (Å²) >= 11 is 5.46. The first-order valence-corrected chi connectivity index (χ1v) is 11.8. The monoisotopic (exact) mass is 482 g/mol. The molecule has 1 aromatic carbocycles. The molecule has 2 aromatic heterocycles. The number of methoxy groups -OCH3 is 3. The van der Waals surface area contributed by atoms with Crippen LogP contribution >= 0.6 is 12.2 Å². The van der Waals surface area contributed by atoms with Crippen LogP contribution in [0, 0.1) is 5.92 Å². The van der Waals surface area contributed by atoms with Crippen molar-refractivity contribution in [3.63, 3.8) is 0 Å². The second-order valence-electron chi connectivity index (χ2n) is 8.17. The Bertz CT molecular complexity index is 1130. The summed E-state index contributed by atoms with van der Waals surface area (Å²) in [5.41, 5.74) is 1.89. The third-order valence-electron chi connectivity index (χ3n) is 5.86.